The highest BCUT2D eigenvalue weighted by Crippen LogP contribution is 2.22. The number of benzene rings is 1. The zero-order valence-electron chi connectivity index (χ0n) is 12.7. The van der Waals surface area contributed by atoms with Crippen LogP contribution in [0.4, 0.5) is 5.82 Å². The zero-order valence-corrected chi connectivity index (χ0v) is 12.7. The number of aryl methyl sites for hydroxylation is 3. The second-order valence-electron chi connectivity index (χ2n) is 5.43. The quantitative estimate of drug-likeness (QED) is 0.768. The van der Waals surface area contributed by atoms with Crippen molar-refractivity contribution in [3.05, 3.63) is 53.1 Å². The molecule has 0 saturated heterocycles. The van der Waals surface area contributed by atoms with Crippen LogP contribution in [-0.4, -0.2) is 21.5 Å². The lowest BCUT2D eigenvalue weighted by Gasteiger charge is -2.08. The molecule has 0 amide bonds. The summed E-state index contributed by atoms with van der Waals surface area (Å²) in [6, 6.07) is 6.36. The molecule has 0 aliphatic carbocycles. The predicted octanol–water partition coefficient (Wildman–Crippen LogP) is 3.54. The normalized spacial score (nSPS) is 11.0. The highest BCUT2D eigenvalue weighted by atomic mass is 15.0. The van der Waals surface area contributed by atoms with E-state index in [1.807, 2.05) is 13.8 Å². The molecule has 3 rings (SSSR count). The molecule has 0 atom stereocenters. The SMILES string of the molecule is Cc1cnc(C)c(NCCc2c[nH]c3cccc(C)c23)n1. The van der Waals surface area contributed by atoms with E-state index < -0.39 is 0 Å². The molecule has 0 aliphatic rings. The fraction of sp³-hybridized carbons (Fsp3) is 0.294. The van der Waals surface area contributed by atoms with Gasteiger partial charge in [-0.3, -0.25) is 4.98 Å². The van der Waals surface area contributed by atoms with Gasteiger partial charge in [-0.1, -0.05) is 12.1 Å². The maximum Gasteiger partial charge on any atom is 0.147 e. The lowest BCUT2D eigenvalue weighted by atomic mass is 10.1. The molecule has 21 heavy (non-hydrogen) atoms. The summed E-state index contributed by atoms with van der Waals surface area (Å²) in [5.74, 6) is 0.881. The standard InChI is InChI=1S/C17H20N4/c1-11-5-4-6-15-16(11)14(10-20-15)7-8-18-17-13(3)19-9-12(2)21-17/h4-6,9-10,20H,7-8H2,1-3H3,(H,18,21). The molecule has 3 aromatic rings. The first-order chi connectivity index (χ1) is 10.1. The summed E-state index contributed by atoms with van der Waals surface area (Å²) in [6.45, 7) is 6.94. The van der Waals surface area contributed by atoms with E-state index in [0.717, 1.165) is 30.2 Å². The van der Waals surface area contributed by atoms with Gasteiger partial charge in [0.2, 0.25) is 0 Å². The number of nitrogens with zero attached hydrogens (tertiary/aromatic N) is 2. The average molecular weight is 280 g/mol. The van der Waals surface area contributed by atoms with Crippen molar-refractivity contribution in [3.63, 3.8) is 0 Å². The van der Waals surface area contributed by atoms with Crippen molar-refractivity contribution in [3.8, 4) is 0 Å². The van der Waals surface area contributed by atoms with Crippen molar-refractivity contribution in [1.29, 1.82) is 0 Å². The fourth-order valence-corrected chi connectivity index (χ4v) is 2.67. The van der Waals surface area contributed by atoms with Gasteiger partial charge in [0.05, 0.1) is 11.4 Å². The van der Waals surface area contributed by atoms with Gasteiger partial charge in [0, 0.05) is 29.8 Å². The van der Waals surface area contributed by atoms with Crippen LogP contribution in [0.5, 0.6) is 0 Å². The predicted molar refractivity (Wildman–Crippen MR) is 86.7 cm³/mol. The number of aromatic amines is 1. The number of H-pyrrole nitrogens is 1. The summed E-state index contributed by atoms with van der Waals surface area (Å²) in [5, 5.41) is 4.73. The Bertz CT molecular complexity index is 774. The first-order valence-corrected chi connectivity index (χ1v) is 7.25. The van der Waals surface area contributed by atoms with Crippen LogP contribution in [0.3, 0.4) is 0 Å². The van der Waals surface area contributed by atoms with Crippen LogP contribution in [0.25, 0.3) is 10.9 Å². The Morgan fingerprint density at radius 3 is 2.90 bits per heavy atom. The second-order valence-corrected chi connectivity index (χ2v) is 5.43. The minimum absolute atomic E-state index is 0.847. The van der Waals surface area contributed by atoms with E-state index in [1.165, 1.54) is 22.0 Å². The van der Waals surface area contributed by atoms with Gasteiger partial charge in [0.25, 0.3) is 0 Å². The largest absolute Gasteiger partial charge is 0.368 e. The Balaban J connectivity index is 1.74. The molecule has 0 unspecified atom stereocenters. The monoisotopic (exact) mass is 280 g/mol. The van der Waals surface area contributed by atoms with Crippen LogP contribution in [0.1, 0.15) is 22.5 Å². The number of nitrogens with one attached hydrogen (secondary N) is 2. The Kier molecular flexibility index (Phi) is 3.60. The van der Waals surface area contributed by atoms with Crippen molar-refractivity contribution in [2.75, 3.05) is 11.9 Å². The summed E-state index contributed by atoms with van der Waals surface area (Å²) in [7, 11) is 0. The highest BCUT2D eigenvalue weighted by molar-refractivity contribution is 5.86. The molecular formula is C17H20N4. The smallest absolute Gasteiger partial charge is 0.147 e. The Hall–Kier alpha value is -2.36. The molecule has 0 radical (unpaired) electrons. The molecule has 0 aliphatic heterocycles. The summed E-state index contributed by atoms with van der Waals surface area (Å²) < 4.78 is 0. The van der Waals surface area contributed by atoms with Crippen molar-refractivity contribution >= 4 is 16.7 Å². The minimum atomic E-state index is 0.847. The molecule has 2 heterocycles. The van der Waals surface area contributed by atoms with E-state index in [0.29, 0.717) is 0 Å². The highest BCUT2D eigenvalue weighted by Gasteiger charge is 2.06. The van der Waals surface area contributed by atoms with E-state index in [-0.39, 0.29) is 0 Å². The second kappa shape index (κ2) is 5.56. The Labute approximate surface area is 124 Å². The summed E-state index contributed by atoms with van der Waals surface area (Å²) in [4.78, 5) is 12.2. The number of hydrogen-bond donors (Lipinski definition) is 2. The topological polar surface area (TPSA) is 53.6 Å². The van der Waals surface area contributed by atoms with Crippen molar-refractivity contribution in [2.45, 2.75) is 27.2 Å². The van der Waals surface area contributed by atoms with Crippen LogP contribution >= 0.6 is 0 Å². The van der Waals surface area contributed by atoms with Gasteiger partial charge in [0.1, 0.15) is 5.82 Å². The Morgan fingerprint density at radius 1 is 1.19 bits per heavy atom. The number of aromatic nitrogens is 3. The van der Waals surface area contributed by atoms with Gasteiger partial charge in [-0.25, -0.2) is 4.98 Å². The molecular weight excluding hydrogens is 260 g/mol. The molecule has 2 N–H and O–H groups in total. The lowest BCUT2D eigenvalue weighted by molar-refractivity contribution is 0.979. The van der Waals surface area contributed by atoms with Crippen molar-refractivity contribution in [2.24, 2.45) is 0 Å². The molecule has 1 aromatic carbocycles. The van der Waals surface area contributed by atoms with Gasteiger partial charge in [0.15, 0.2) is 0 Å². The summed E-state index contributed by atoms with van der Waals surface area (Å²) >= 11 is 0. The molecule has 0 saturated carbocycles. The average Bonchev–Trinajstić information content (AvgIpc) is 2.87. The third-order valence-electron chi connectivity index (χ3n) is 3.76. The van der Waals surface area contributed by atoms with Gasteiger partial charge < -0.3 is 10.3 Å². The van der Waals surface area contributed by atoms with Gasteiger partial charge in [-0.2, -0.15) is 0 Å². The summed E-state index contributed by atoms with van der Waals surface area (Å²) in [6.07, 6.45) is 4.86. The molecule has 4 nitrogen and oxygen atoms in total. The molecule has 2 aromatic heterocycles. The number of anilines is 1. The third-order valence-corrected chi connectivity index (χ3v) is 3.76. The van der Waals surface area contributed by atoms with Gasteiger partial charge in [-0.15, -0.1) is 0 Å². The molecule has 0 bridgehead atoms. The molecule has 0 fully saturated rings. The van der Waals surface area contributed by atoms with E-state index in [9.17, 15) is 0 Å². The van der Waals surface area contributed by atoms with E-state index in [4.69, 9.17) is 0 Å². The third kappa shape index (κ3) is 2.75. The van der Waals surface area contributed by atoms with Crippen LogP contribution < -0.4 is 5.32 Å². The van der Waals surface area contributed by atoms with Gasteiger partial charge >= 0.3 is 0 Å². The first kappa shape index (κ1) is 13.6. The summed E-state index contributed by atoms with van der Waals surface area (Å²) in [5.41, 5.74) is 5.74. The van der Waals surface area contributed by atoms with Crippen LogP contribution in [0.2, 0.25) is 0 Å². The van der Waals surface area contributed by atoms with Gasteiger partial charge in [-0.05, 0) is 44.4 Å². The van der Waals surface area contributed by atoms with E-state index in [1.54, 1.807) is 6.20 Å². The van der Waals surface area contributed by atoms with Crippen LogP contribution in [0, 0.1) is 20.8 Å². The fourth-order valence-electron chi connectivity index (χ4n) is 2.67. The molecule has 108 valence electrons. The maximum atomic E-state index is 4.49. The van der Waals surface area contributed by atoms with Crippen molar-refractivity contribution in [1.82, 2.24) is 15.0 Å². The maximum absolute atomic E-state index is 4.49. The first-order valence-electron chi connectivity index (χ1n) is 7.25. The van der Waals surface area contributed by atoms with E-state index >= 15 is 0 Å². The Morgan fingerprint density at radius 2 is 2.05 bits per heavy atom. The number of rotatable bonds is 4. The zero-order chi connectivity index (χ0) is 14.8. The van der Waals surface area contributed by atoms with Crippen LogP contribution in [0.15, 0.2) is 30.6 Å². The lowest BCUT2D eigenvalue weighted by Crippen LogP contribution is -2.09. The minimum Gasteiger partial charge on any atom is -0.368 e. The number of hydrogen-bond acceptors (Lipinski definition) is 3. The number of fused-ring (bicyclic) bond motifs is 1. The van der Waals surface area contributed by atoms with Crippen molar-refractivity contribution < 1.29 is 0 Å². The molecule has 0 spiro atoms. The van der Waals surface area contributed by atoms with E-state index in [2.05, 4.69) is 51.6 Å². The van der Waals surface area contributed by atoms with Crippen LogP contribution in [-0.2, 0) is 6.42 Å². The molecule has 4 heteroatoms.